The van der Waals surface area contributed by atoms with Crippen molar-refractivity contribution in [2.24, 2.45) is 0 Å². The van der Waals surface area contributed by atoms with Crippen molar-refractivity contribution in [1.82, 2.24) is 4.98 Å². The van der Waals surface area contributed by atoms with Gasteiger partial charge in [0.15, 0.2) is 16.6 Å². The number of aromatic nitrogens is 1. The van der Waals surface area contributed by atoms with E-state index in [0.717, 1.165) is 21.8 Å². The maximum Gasteiger partial charge on any atom is 0.350 e. The summed E-state index contributed by atoms with van der Waals surface area (Å²) in [5, 5.41) is 22.0. The SMILES string of the molecule is CCOC(=O)c1sc(N2C(=O)C(=O)/C(=C(/O)c3ccc(OCc4ccccc4)cc3C)C2c2ccc(O)c(OC)c2)nc1C. The lowest BCUT2D eigenvalue weighted by atomic mass is 9.93. The molecule has 1 atom stereocenters. The van der Waals surface area contributed by atoms with Crippen LogP contribution in [-0.4, -0.2) is 46.6 Å². The van der Waals surface area contributed by atoms with E-state index in [0.29, 0.717) is 34.7 Å². The van der Waals surface area contributed by atoms with Crippen LogP contribution in [0.1, 0.15) is 50.6 Å². The number of rotatable bonds is 9. The molecule has 3 aromatic carbocycles. The molecule has 11 heteroatoms. The van der Waals surface area contributed by atoms with E-state index in [2.05, 4.69) is 4.98 Å². The van der Waals surface area contributed by atoms with E-state index >= 15 is 0 Å². The van der Waals surface area contributed by atoms with E-state index in [9.17, 15) is 24.6 Å². The van der Waals surface area contributed by atoms with Gasteiger partial charge >= 0.3 is 11.9 Å². The summed E-state index contributed by atoms with van der Waals surface area (Å²) in [6.07, 6.45) is 0. The highest BCUT2D eigenvalue weighted by molar-refractivity contribution is 7.17. The smallest absolute Gasteiger partial charge is 0.350 e. The topological polar surface area (TPSA) is 135 Å². The first-order chi connectivity index (χ1) is 21.1. The standard InChI is InChI=1S/C33H30N2O8S/c1-5-42-32(40)30-19(3)34-33(44-30)35-27(21-11-14-24(36)25(16-21)41-4)26(29(38)31(35)39)28(37)23-13-12-22(15-18(23)2)43-17-20-9-7-6-8-10-20/h6-16,27,36-37H,5,17H2,1-4H3/b28-26+. The van der Waals surface area contributed by atoms with E-state index < -0.39 is 29.5 Å². The summed E-state index contributed by atoms with van der Waals surface area (Å²) in [6, 6.07) is 17.9. The Morgan fingerprint density at radius 1 is 1.05 bits per heavy atom. The van der Waals surface area contributed by atoms with Crippen molar-refractivity contribution in [3.05, 3.63) is 105 Å². The number of aliphatic hydroxyl groups excluding tert-OH is 1. The van der Waals surface area contributed by atoms with Gasteiger partial charge in [-0.15, -0.1) is 0 Å². The van der Waals surface area contributed by atoms with Gasteiger partial charge in [-0.3, -0.25) is 14.5 Å². The molecule has 0 aliphatic carbocycles. The lowest BCUT2D eigenvalue weighted by Gasteiger charge is -2.23. The fraction of sp³-hybridized carbons (Fsp3) is 0.212. The molecule has 1 unspecified atom stereocenters. The molecular weight excluding hydrogens is 584 g/mol. The molecule has 5 rings (SSSR count). The molecule has 4 aromatic rings. The van der Waals surface area contributed by atoms with E-state index in [4.69, 9.17) is 14.2 Å². The first kappa shape index (κ1) is 30.3. The van der Waals surface area contributed by atoms with Gasteiger partial charge in [-0.05, 0) is 67.8 Å². The Bertz CT molecular complexity index is 1780. The van der Waals surface area contributed by atoms with Crippen LogP contribution in [0, 0.1) is 13.8 Å². The molecule has 0 radical (unpaired) electrons. The number of ether oxygens (including phenoxy) is 3. The van der Waals surface area contributed by atoms with Crippen LogP contribution >= 0.6 is 11.3 Å². The summed E-state index contributed by atoms with van der Waals surface area (Å²) >= 11 is 0.906. The number of aryl methyl sites for hydroxylation is 2. The molecular formula is C33H30N2O8S. The van der Waals surface area contributed by atoms with Crippen LogP contribution in [-0.2, 0) is 20.9 Å². The lowest BCUT2D eigenvalue weighted by Crippen LogP contribution is -2.29. The molecule has 44 heavy (non-hydrogen) atoms. The number of ketones is 1. The molecule has 10 nitrogen and oxygen atoms in total. The van der Waals surface area contributed by atoms with Crippen molar-refractivity contribution >= 4 is 39.9 Å². The van der Waals surface area contributed by atoms with Gasteiger partial charge in [-0.1, -0.05) is 47.7 Å². The van der Waals surface area contributed by atoms with Gasteiger partial charge in [0.25, 0.3) is 5.78 Å². The van der Waals surface area contributed by atoms with Crippen LogP contribution in [0.25, 0.3) is 5.76 Å². The normalized spacial score (nSPS) is 15.8. The van der Waals surface area contributed by atoms with Gasteiger partial charge in [-0.2, -0.15) is 0 Å². The monoisotopic (exact) mass is 614 g/mol. The van der Waals surface area contributed by atoms with Crippen LogP contribution in [0.3, 0.4) is 0 Å². The number of hydrogen-bond donors (Lipinski definition) is 2. The zero-order valence-corrected chi connectivity index (χ0v) is 25.3. The predicted octanol–water partition coefficient (Wildman–Crippen LogP) is 5.86. The fourth-order valence-electron chi connectivity index (χ4n) is 4.96. The van der Waals surface area contributed by atoms with E-state index in [1.54, 1.807) is 39.0 Å². The van der Waals surface area contributed by atoms with Crippen molar-refractivity contribution in [3.63, 3.8) is 0 Å². The molecule has 2 heterocycles. The lowest BCUT2D eigenvalue weighted by molar-refractivity contribution is -0.132. The van der Waals surface area contributed by atoms with Crippen molar-refractivity contribution in [2.45, 2.75) is 33.4 Å². The summed E-state index contributed by atoms with van der Waals surface area (Å²) in [5.74, 6) is -2.35. The van der Waals surface area contributed by atoms with Gasteiger partial charge in [0, 0.05) is 5.56 Å². The summed E-state index contributed by atoms with van der Waals surface area (Å²) < 4.78 is 16.3. The molecule has 0 saturated carbocycles. The number of anilines is 1. The molecule has 0 bridgehead atoms. The van der Waals surface area contributed by atoms with Crippen molar-refractivity contribution in [2.75, 3.05) is 18.6 Å². The number of methoxy groups -OCH3 is 1. The van der Waals surface area contributed by atoms with Crippen LogP contribution < -0.4 is 14.4 Å². The summed E-state index contributed by atoms with van der Waals surface area (Å²) in [5.41, 5.74) is 2.43. The molecule has 1 aliphatic rings. The van der Waals surface area contributed by atoms with Crippen LogP contribution in [0.5, 0.6) is 17.2 Å². The molecule has 1 saturated heterocycles. The van der Waals surface area contributed by atoms with Crippen LogP contribution in [0.2, 0.25) is 0 Å². The average molecular weight is 615 g/mol. The molecule has 1 aromatic heterocycles. The summed E-state index contributed by atoms with van der Waals surface area (Å²) in [6.45, 7) is 5.54. The molecule has 0 spiro atoms. The number of phenols is 1. The van der Waals surface area contributed by atoms with Gasteiger partial charge in [0.05, 0.1) is 31.0 Å². The number of aromatic hydroxyl groups is 1. The second-order valence-electron chi connectivity index (χ2n) is 9.98. The van der Waals surface area contributed by atoms with Gasteiger partial charge in [0.1, 0.15) is 23.0 Å². The minimum absolute atomic E-state index is 0.0742. The molecule has 1 aliphatic heterocycles. The molecule has 226 valence electrons. The number of amides is 1. The Labute approximate surface area is 257 Å². The number of benzene rings is 3. The second-order valence-corrected chi connectivity index (χ2v) is 11.0. The minimum Gasteiger partial charge on any atom is -0.507 e. The third-order valence-corrected chi connectivity index (χ3v) is 8.25. The number of esters is 1. The molecule has 1 fully saturated rings. The number of carbonyl (C=O) groups is 3. The minimum atomic E-state index is -1.15. The maximum atomic E-state index is 13.6. The number of phenolic OH excluding ortho intramolecular Hbond substituents is 1. The Balaban J connectivity index is 1.60. The Hall–Kier alpha value is -5.16. The first-order valence-electron chi connectivity index (χ1n) is 13.7. The third kappa shape index (κ3) is 5.73. The summed E-state index contributed by atoms with van der Waals surface area (Å²) in [4.78, 5) is 45.6. The van der Waals surface area contributed by atoms with E-state index in [-0.39, 0.29) is 33.7 Å². The number of hydrogen-bond acceptors (Lipinski definition) is 10. The predicted molar refractivity (Wildman–Crippen MR) is 164 cm³/mol. The Morgan fingerprint density at radius 2 is 1.80 bits per heavy atom. The highest BCUT2D eigenvalue weighted by Crippen LogP contribution is 2.45. The van der Waals surface area contributed by atoms with Crippen molar-refractivity contribution in [3.8, 4) is 17.2 Å². The Morgan fingerprint density at radius 3 is 2.48 bits per heavy atom. The van der Waals surface area contributed by atoms with Crippen molar-refractivity contribution in [1.29, 1.82) is 0 Å². The maximum absolute atomic E-state index is 13.6. The van der Waals surface area contributed by atoms with E-state index in [1.165, 1.54) is 25.3 Å². The molecule has 1 amide bonds. The van der Waals surface area contributed by atoms with Crippen LogP contribution in [0.4, 0.5) is 5.13 Å². The van der Waals surface area contributed by atoms with Gasteiger partial charge in [-0.25, -0.2) is 9.78 Å². The van der Waals surface area contributed by atoms with Gasteiger partial charge < -0.3 is 24.4 Å². The molecule has 2 N–H and O–H groups in total. The summed E-state index contributed by atoms with van der Waals surface area (Å²) in [7, 11) is 1.37. The highest BCUT2D eigenvalue weighted by Gasteiger charge is 2.48. The van der Waals surface area contributed by atoms with Crippen molar-refractivity contribution < 1.29 is 38.8 Å². The fourth-order valence-corrected chi connectivity index (χ4v) is 5.95. The van der Waals surface area contributed by atoms with E-state index in [1.807, 2.05) is 30.3 Å². The third-order valence-electron chi connectivity index (χ3n) is 7.12. The second kappa shape index (κ2) is 12.6. The zero-order valence-electron chi connectivity index (χ0n) is 24.5. The quantitative estimate of drug-likeness (QED) is 0.103. The number of nitrogens with zero attached hydrogens (tertiary/aromatic N) is 2. The number of thiazole rings is 1. The first-order valence-corrected chi connectivity index (χ1v) is 14.6. The highest BCUT2D eigenvalue weighted by atomic mass is 32.1. The van der Waals surface area contributed by atoms with Crippen LogP contribution in [0.15, 0.2) is 72.3 Å². The number of aliphatic hydroxyl groups is 1. The number of carbonyl (C=O) groups excluding carboxylic acids is 3. The van der Waals surface area contributed by atoms with Gasteiger partial charge in [0.2, 0.25) is 0 Å². The Kier molecular flexibility index (Phi) is 8.68. The average Bonchev–Trinajstić information content (AvgIpc) is 3.52. The number of Topliss-reactive ketones (excluding diaryl/α,β-unsaturated/α-hetero) is 1. The largest absolute Gasteiger partial charge is 0.507 e. The zero-order chi connectivity index (χ0) is 31.5.